The topological polar surface area (TPSA) is 28.4 Å². The normalized spacial score (nSPS) is 19.3. The van der Waals surface area contributed by atoms with E-state index in [0.717, 1.165) is 31.2 Å². The molecule has 0 atom stereocenters. The van der Waals surface area contributed by atoms with Gasteiger partial charge in [-0.3, -0.25) is 4.90 Å². The molecule has 1 aliphatic rings. The predicted molar refractivity (Wildman–Crippen MR) is 88.3 cm³/mol. The third kappa shape index (κ3) is 5.15. The van der Waals surface area contributed by atoms with E-state index in [9.17, 15) is 0 Å². The summed E-state index contributed by atoms with van der Waals surface area (Å²) < 4.78 is 5.95. The average Bonchev–Trinajstić information content (AvgIpc) is 2.72. The van der Waals surface area contributed by atoms with Gasteiger partial charge >= 0.3 is 0 Å². The van der Waals surface area contributed by atoms with Gasteiger partial charge in [-0.05, 0) is 56.8 Å². The van der Waals surface area contributed by atoms with E-state index in [0.29, 0.717) is 11.3 Å². The van der Waals surface area contributed by atoms with Gasteiger partial charge in [0.25, 0.3) is 0 Å². The number of nitrogens with one attached hydrogen (secondary N) is 1. The molecule has 2 heterocycles. The molecule has 21 heavy (non-hydrogen) atoms. The molecule has 120 valence electrons. The Morgan fingerprint density at radius 2 is 1.95 bits per heavy atom. The smallest absolute Gasteiger partial charge is 0.118 e. The Labute approximate surface area is 130 Å². The molecule has 0 aliphatic carbocycles. The largest absolute Gasteiger partial charge is 0.465 e. The van der Waals surface area contributed by atoms with Gasteiger partial charge in [0.1, 0.15) is 11.5 Å². The Morgan fingerprint density at radius 3 is 2.57 bits per heavy atom. The molecule has 0 bridgehead atoms. The molecule has 3 nitrogen and oxygen atoms in total. The molecule has 0 spiro atoms. The molecule has 0 amide bonds. The van der Waals surface area contributed by atoms with E-state index >= 15 is 0 Å². The highest BCUT2D eigenvalue weighted by Gasteiger charge is 2.25. The summed E-state index contributed by atoms with van der Waals surface area (Å²) in [6.45, 7) is 16.6. The molecule has 1 N–H and O–H groups in total. The third-order valence-electron chi connectivity index (χ3n) is 4.53. The molecule has 1 aromatic heterocycles. The van der Waals surface area contributed by atoms with Gasteiger partial charge in [-0.25, -0.2) is 0 Å². The lowest BCUT2D eigenvalue weighted by Crippen LogP contribution is -2.36. The van der Waals surface area contributed by atoms with Crippen LogP contribution in [0.4, 0.5) is 0 Å². The minimum absolute atomic E-state index is 0.515. The predicted octanol–water partition coefficient (Wildman–Crippen LogP) is 3.96. The van der Waals surface area contributed by atoms with Crippen molar-refractivity contribution < 1.29 is 4.42 Å². The SMILES string of the molecule is Cc1oc(CN2CCC(C)(C)CC2)cc1CNCC(C)C. The van der Waals surface area contributed by atoms with Crippen molar-refractivity contribution in [2.24, 2.45) is 11.3 Å². The maximum Gasteiger partial charge on any atom is 0.118 e. The fraction of sp³-hybridized carbons (Fsp3) is 0.778. The van der Waals surface area contributed by atoms with Crippen LogP contribution in [0.1, 0.15) is 57.6 Å². The lowest BCUT2D eigenvalue weighted by atomic mass is 9.83. The zero-order valence-corrected chi connectivity index (χ0v) is 14.5. The highest BCUT2D eigenvalue weighted by atomic mass is 16.3. The van der Waals surface area contributed by atoms with Gasteiger partial charge in [0.15, 0.2) is 0 Å². The highest BCUT2D eigenvalue weighted by molar-refractivity contribution is 5.20. The molecule has 1 aromatic rings. The van der Waals surface area contributed by atoms with Crippen molar-refractivity contribution in [1.29, 1.82) is 0 Å². The van der Waals surface area contributed by atoms with Crippen LogP contribution in [0, 0.1) is 18.3 Å². The van der Waals surface area contributed by atoms with Crippen molar-refractivity contribution >= 4 is 0 Å². The van der Waals surface area contributed by atoms with Gasteiger partial charge in [-0.2, -0.15) is 0 Å². The summed E-state index contributed by atoms with van der Waals surface area (Å²) >= 11 is 0. The van der Waals surface area contributed by atoms with Crippen molar-refractivity contribution in [1.82, 2.24) is 10.2 Å². The second kappa shape index (κ2) is 6.97. The summed E-state index contributed by atoms with van der Waals surface area (Å²) in [6.07, 6.45) is 2.57. The maximum atomic E-state index is 5.95. The van der Waals surface area contributed by atoms with E-state index < -0.39 is 0 Å². The number of furan rings is 1. The fourth-order valence-corrected chi connectivity index (χ4v) is 2.87. The summed E-state index contributed by atoms with van der Waals surface area (Å²) in [7, 11) is 0. The van der Waals surface area contributed by atoms with E-state index in [1.165, 1.54) is 31.5 Å². The van der Waals surface area contributed by atoms with Gasteiger partial charge in [0.2, 0.25) is 0 Å². The number of aryl methyl sites for hydroxylation is 1. The van der Waals surface area contributed by atoms with E-state index in [2.05, 4.69) is 50.9 Å². The molecule has 0 radical (unpaired) electrons. The first-order valence-electron chi connectivity index (χ1n) is 8.37. The van der Waals surface area contributed by atoms with Gasteiger partial charge in [0, 0.05) is 12.1 Å². The first-order chi connectivity index (χ1) is 9.85. The van der Waals surface area contributed by atoms with Crippen LogP contribution in [-0.2, 0) is 13.1 Å². The molecular formula is C18H32N2O. The van der Waals surface area contributed by atoms with Gasteiger partial charge < -0.3 is 9.73 Å². The van der Waals surface area contributed by atoms with Crippen LogP contribution in [0.5, 0.6) is 0 Å². The summed E-state index contributed by atoms with van der Waals surface area (Å²) in [6, 6.07) is 2.24. The number of hydrogen-bond donors (Lipinski definition) is 1. The summed E-state index contributed by atoms with van der Waals surface area (Å²) in [5.74, 6) is 2.88. The van der Waals surface area contributed by atoms with Crippen LogP contribution < -0.4 is 5.32 Å². The van der Waals surface area contributed by atoms with Crippen LogP contribution >= 0.6 is 0 Å². The Morgan fingerprint density at radius 1 is 1.29 bits per heavy atom. The van der Waals surface area contributed by atoms with Crippen LogP contribution in [0.25, 0.3) is 0 Å². The van der Waals surface area contributed by atoms with Gasteiger partial charge in [-0.15, -0.1) is 0 Å². The fourth-order valence-electron chi connectivity index (χ4n) is 2.87. The molecule has 1 saturated heterocycles. The van der Waals surface area contributed by atoms with Crippen LogP contribution in [0.2, 0.25) is 0 Å². The molecule has 0 unspecified atom stereocenters. The van der Waals surface area contributed by atoms with Gasteiger partial charge in [0.05, 0.1) is 6.54 Å². The van der Waals surface area contributed by atoms with E-state index in [-0.39, 0.29) is 0 Å². The summed E-state index contributed by atoms with van der Waals surface area (Å²) in [5.41, 5.74) is 1.82. The second-order valence-corrected chi connectivity index (χ2v) is 7.76. The molecule has 3 heteroatoms. The lowest BCUT2D eigenvalue weighted by Gasteiger charge is -2.36. The highest BCUT2D eigenvalue weighted by Crippen LogP contribution is 2.30. The van der Waals surface area contributed by atoms with E-state index in [1.807, 2.05) is 0 Å². The Hall–Kier alpha value is -0.800. The second-order valence-electron chi connectivity index (χ2n) is 7.76. The van der Waals surface area contributed by atoms with Crippen molar-refractivity contribution in [3.8, 4) is 0 Å². The zero-order valence-electron chi connectivity index (χ0n) is 14.5. The third-order valence-corrected chi connectivity index (χ3v) is 4.53. The zero-order chi connectivity index (χ0) is 15.5. The van der Waals surface area contributed by atoms with Crippen molar-refractivity contribution in [3.63, 3.8) is 0 Å². The molecule has 1 aliphatic heterocycles. The van der Waals surface area contributed by atoms with Crippen LogP contribution in [0.15, 0.2) is 10.5 Å². The summed E-state index contributed by atoms with van der Waals surface area (Å²) in [4.78, 5) is 2.52. The minimum Gasteiger partial charge on any atom is -0.465 e. The number of likely N-dealkylation sites (tertiary alicyclic amines) is 1. The Kier molecular flexibility index (Phi) is 5.50. The standard InChI is InChI=1S/C18H32N2O/c1-14(2)11-19-12-16-10-17(21-15(16)3)13-20-8-6-18(4,5)7-9-20/h10,14,19H,6-9,11-13H2,1-5H3. The first kappa shape index (κ1) is 16.6. The minimum atomic E-state index is 0.515. The number of nitrogens with zero attached hydrogens (tertiary/aromatic N) is 1. The first-order valence-corrected chi connectivity index (χ1v) is 8.37. The summed E-state index contributed by atoms with van der Waals surface area (Å²) in [5, 5.41) is 3.50. The lowest BCUT2D eigenvalue weighted by molar-refractivity contribution is 0.120. The van der Waals surface area contributed by atoms with E-state index in [4.69, 9.17) is 4.42 Å². The number of piperidine rings is 1. The molecule has 0 aromatic carbocycles. The number of rotatable bonds is 6. The average molecular weight is 292 g/mol. The van der Waals surface area contributed by atoms with Crippen LogP contribution in [-0.4, -0.2) is 24.5 Å². The van der Waals surface area contributed by atoms with Crippen molar-refractivity contribution in [2.45, 2.75) is 60.5 Å². The Balaban J connectivity index is 1.84. The maximum absolute atomic E-state index is 5.95. The van der Waals surface area contributed by atoms with Crippen molar-refractivity contribution in [2.75, 3.05) is 19.6 Å². The molecule has 2 rings (SSSR count). The monoisotopic (exact) mass is 292 g/mol. The Bertz CT molecular complexity index is 438. The van der Waals surface area contributed by atoms with Gasteiger partial charge in [-0.1, -0.05) is 27.7 Å². The molecule has 0 saturated carbocycles. The number of hydrogen-bond acceptors (Lipinski definition) is 3. The molecule has 1 fully saturated rings. The van der Waals surface area contributed by atoms with Crippen LogP contribution in [0.3, 0.4) is 0 Å². The molecular weight excluding hydrogens is 260 g/mol. The van der Waals surface area contributed by atoms with Crippen molar-refractivity contribution in [3.05, 3.63) is 23.2 Å². The quantitative estimate of drug-likeness (QED) is 0.860. The van der Waals surface area contributed by atoms with E-state index in [1.54, 1.807) is 0 Å².